The van der Waals surface area contributed by atoms with Gasteiger partial charge in [-0.15, -0.1) is 0 Å². The lowest BCUT2D eigenvalue weighted by atomic mass is 9.95. The molecule has 0 aromatic heterocycles. The van der Waals surface area contributed by atoms with E-state index in [0.717, 1.165) is 6.42 Å². The number of fused-ring (bicyclic) bond motifs is 1. The first kappa shape index (κ1) is 7.56. The van der Waals surface area contributed by atoms with Gasteiger partial charge in [0.05, 0.1) is 6.10 Å². The molecular weight excluding hydrogens is 148 g/mol. The molecule has 0 amide bonds. The number of ether oxygens (including phenoxy) is 1. The summed E-state index contributed by atoms with van der Waals surface area (Å²) in [5.41, 5.74) is 2.60. The van der Waals surface area contributed by atoms with Crippen LogP contribution in [0.5, 0.6) is 0 Å². The number of hydrogen-bond donors (Lipinski definition) is 0. The van der Waals surface area contributed by atoms with Crippen molar-refractivity contribution in [3.05, 3.63) is 41.5 Å². The molecule has 1 unspecified atom stereocenters. The summed E-state index contributed by atoms with van der Waals surface area (Å²) in [6, 6.07) is 8.37. The van der Waals surface area contributed by atoms with E-state index in [1.807, 2.05) is 0 Å². The van der Waals surface area contributed by atoms with Crippen LogP contribution in [0.2, 0.25) is 0 Å². The Labute approximate surface area is 72.7 Å². The Balaban J connectivity index is 2.45. The lowest BCUT2D eigenvalue weighted by Crippen LogP contribution is -2.05. The molecule has 1 aromatic carbocycles. The molecule has 1 aliphatic carbocycles. The van der Waals surface area contributed by atoms with Crippen molar-refractivity contribution < 1.29 is 4.74 Å². The lowest BCUT2D eigenvalue weighted by molar-refractivity contribution is 0.105. The van der Waals surface area contributed by atoms with E-state index in [0.29, 0.717) is 0 Å². The summed E-state index contributed by atoms with van der Waals surface area (Å²) in [5, 5.41) is 0. The third-order valence-corrected chi connectivity index (χ3v) is 2.27. The molecule has 0 fully saturated rings. The van der Waals surface area contributed by atoms with E-state index < -0.39 is 0 Å². The van der Waals surface area contributed by atoms with Gasteiger partial charge in [0.1, 0.15) is 0 Å². The van der Waals surface area contributed by atoms with Crippen LogP contribution in [-0.2, 0) is 4.74 Å². The van der Waals surface area contributed by atoms with Crippen molar-refractivity contribution in [1.29, 1.82) is 0 Å². The fourth-order valence-electron chi connectivity index (χ4n) is 1.62. The minimum atomic E-state index is 0.256. The molecule has 0 spiro atoms. The van der Waals surface area contributed by atoms with Crippen molar-refractivity contribution in [3.8, 4) is 0 Å². The first-order chi connectivity index (χ1) is 5.92. The van der Waals surface area contributed by atoms with Crippen molar-refractivity contribution in [3.63, 3.8) is 0 Å². The maximum atomic E-state index is 5.37. The molecule has 0 N–H and O–H groups in total. The van der Waals surface area contributed by atoms with Crippen LogP contribution in [0.4, 0.5) is 0 Å². The Hall–Kier alpha value is -1.08. The van der Waals surface area contributed by atoms with Gasteiger partial charge in [-0.1, -0.05) is 36.4 Å². The van der Waals surface area contributed by atoms with Gasteiger partial charge < -0.3 is 4.74 Å². The normalized spacial score (nSPS) is 20.6. The van der Waals surface area contributed by atoms with E-state index >= 15 is 0 Å². The standard InChI is InChI=1S/C11H12O/c1-12-11-8-4-6-9-5-2-3-7-10(9)11/h2-7,11H,8H2,1H3. The number of hydrogen-bond acceptors (Lipinski definition) is 1. The van der Waals surface area contributed by atoms with Gasteiger partial charge in [-0.3, -0.25) is 0 Å². The van der Waals surface area contributed by atoms with Crippen molar-refractivity contribution >= 4 is 6.08 Å². The summed E-state index contributed by atoms with van der Waals surface area (Å²) in [7, 11) is 1.76. The summed E-state index contributed by atoms with van der Waals surface area (Å²) in [6.07, 6.45) is 5.57. The van der Waals surface area contributed by atoms with Crippen LogP contribution in [0, 0.1) is 0 Å². The van der Waals surface area contributed by atoms with Crippen molar-refractivity contribution in [2.24, 2.45) is 0 Å². The number of methoxy groups -OCH3 is 1. The largest absolute Gasteiger partial charge is 0.376 e. The minimum absolute atomic E-state index is 0.256. The predicted octanol–water partition coefficient (Wildman–Crippen LogP) is 2.79. The third kappa shape index (κ3) is 1.16. The van der Waals surface area contributed by atoms with Gasteiger partial charge in [0, 0.05) is 7.11 Å². The molecular formula is C11H12O. The van der Waals surface area contributed by atoms with Gasteiger partial charge in [-0.05, 0) is 17.5 Å². The fraction of sp³-hybridized carbons (Fsp3) is 0.273. The van der Waals surface area contributed by atoms with E-state index in [9.17, 15) is 0 Å². The zero-order valence-corrected chi connectivity index (χ0v) is 7.16. The Kier molecular flexibility index (Phi) is 1.96. The second kappa shape index (κ2) is 3.11. The molecule has 62 valence electrons. The van der Waals surface area contributed by atoms with Crippen LogP contribution in [0.1, 0.15) is 23.7 Å². The van der Waals surface area contributed by atoms with Crippen LogP contribution >= 0.6 is 0 Å². The molecule has 0 aliphatic heterocycles. The molecule has 1 aliphatic rings. The highest BCUT2D eigenvalue weighted by Crippen LogP contribution is 2.29. The summed E-state index contributed by atoms with van der Waals surface area (Å²) >= 11 is 0. The van der Waals surface area contributed by atoms with Crippen LogP contribution in [0.25, 0.3) is 6.08 Å². The van der Waals surface area contributed by atoms with Crippen LogP contribution in [-0.4, -0.2) is 7.11 Å². The Morgan fingerprint density at radius 3 is 3.00 bits per heavy atom. The summed E-state index contributed by atoms with van der Waals surface area (Å²) < 4.78 is 5.37. The van der Waals surface area contributed by atoms with Crippen LogP contribution < -0.4 is 0 Å². The quantitative estimate of drug-likeness (QED) is 0.613. The summed E-state index contributed by atoms with van der Waals surface area (Å²) in [4.78, 5) is 0. The molecule has 2 rings (SSSR count). The average molecular weight is 160 g/mol. The van der Waals surface area contributed by atoms with Crippen LogP contribution in [0.15, 0.2) is 30.3 Å². The number of rotatable bonds is 1. The first-order valence-corrected chi connectivity index (χ1v) is 4.20. The van der Waals surface area contributed by atoms with E-state index in [1.54, 1.807) is 7.11 Å². The molecule has 12 heavy (non-hydrogen) atoms. The first-order valence-electron chi connectivity index (χ1n) is 4.20. The van der Waals surface area contributed by atoms with Gasteiger partial charge >= 0.3 is 0 Å². The molecule has 0 saturated heterocycles. The third-order valence-electron chi connectivity index (χ3n) is 2.27. The highest BCUT2D eigenvalue weighted by Gasteiger charge is 2.14. The zero-order chi connectivity index (χ0) is 8.39. The van der Waals surface area contributed by atoms with Crippen molar-refractivity contribution in [2.75, 3.05) is 7.11 Å². The van der Waals surface area contributed by atoms with Gasteiger partial charge in [-0.25, -0.2) is 0 Å². The van der Waals surface area contributed by atoms with E-state index in [4.69, 9.17) is 4.74 Å². The fourth-order valence-corrected chi connectivity index (χ4v) is 1.62. The van der Waals surface area contributed by atoms with Gasteiger partial charge in [-0.2, -0.15) is 0 Å². The Morgan fingerprint density at radius 1 is 1.33 bits per heavy atom. The van der Waals surface area contributed by atoms with Gasteiger partial charge in [0.2, 0.25) is 0 Å². The number of benzene rings is 1. The Morgan fingerprint density at radius 2 is 2.17 bits per heavy atom. The van der Waals surface area contributed by atoms with Gasteiger partial charge in [0.15, 0.2) is 0 Å². The highest BCUT2D eigenvalue weighted by atomic mass is 16.5. The molecule has 1 heteroatoms. The second-order valence-corrected chi connectivity index (χ2v) is 2.99. The van der Waals surface area contributed by atoms with E-state index in [1.165, 1.54) is 11.1 Å². The minimum Gasteiger partial charge on any atom is -0.376 e. The second-order valence-electron chi connectivity index (χ2n) is 2.99. The molecule has 0 bridgehead atoms. The van der Waals surface area contributed by atoms with Gasteiger partial charge in [0.25, 0.3) is 0 Å². The van der Waals surface area contributed by atoms with Crippen molar-refractivity contribution in [2.45, 2.75) is 12.5 Å². The summed E-state index contributed by atoms with van der Waals surface area (Å²) in [5.74, 6) is 0. The van der Waals surface area contributed by atoms with E-state index in [2.05, 4.69) is 36.4 Å². The van der Waals surface area contributed by atoms with Crippen LogP contribution in [0.3, 0.4) is 0 Å². The molecule has 1 aromatic rings. The highest BCUT2D eigenvalue weighted by molar-refractivity contribution is 5.56. The predicted molar refractivity (Wildman–Crippen MR) is 49.8 cm³/mol. The molecule has 1 atom stereocenters. The van der Waals surface area contributed by atoms with E-state index in [-0.39, 0.29) is 6.10 Å². The zero-order valence-electron chi connectivity index (χ0n) is 7.16. The molecule has 1 nitrogen and oxygen atoms in total. The lowest BCUT2D eigenvalue weighted by Gasteiger charge is -2.19. The molecule has 0 saturated carbocycles. The molecule has 0 heterocycles. The SMILES string of the molecule is COC1CC=Cc2ccccc21. The molecule has 0 radical (unpaired) electrons. The summed E-state index contributed by atoms with van der Waals surface area (Å²) in [6.45, 7) is 0. The van der Waals surface area contributed by atoms with Crippen molar-refractivity contribution in [1.82, 2.24) is 0 Å². The average Bonchev–Trinajstić information content (AvgIpc) is 2.17. The smallest absolute Gasteiger partial charge is 0.0861 e. The Bertz CT molecular complexity index is 302. The maximum Gasteiger partial charge on any atom is 0.0861 e. The maximum absolute atomic E-state index is 5.37. The topological polar surface area (TPSA) is 9.23 Å². The monoisotopic (exact) mass is 160 g/mol.